The zero-order valence-corrected chi connectivity index (χ0v) is 14.3. The molecule has 0 aliphatic rings. The minimum absolute atomic E-state index is 0.195. The van der Waals surface area contributed by atoms with Crippen LogP contribution in [-0.2, 0) is 19.1 Å². The van der Waals surface area contributed by atoms with Gasteiger partial charge in [0.15, 0.2) is 0 Å². The Hall–Kier alpha value is -0.840. The Labute approximate surface area is 130 Å². The molecule has 0 aromatic carbocycles. The summed E-state index contributed by atoms with van der Waals surface area (Å²) in [6, 6.07) is 0. The third kappa shape index (κ3) is 11.0. The highest BCUT2D eigenvalue weighted by Gasteiger charge is 2.25. The second kappa shape index (κ2) is 9.97. The molecular weight excluding hydrogens is 324 g/mol. The Morgan fingerprint density at radius 2 is 1.65 bits per heavy atom. The van der Waals surface area contributed by atoms with Gasteiger partial charge in [-0.05, 0) is 46.5 Å². The summed E-state index contributed by atoms with van der Waals surface area (Å²) in [4.78, 5) is 22.8. The van der Waals surface area contributed by atoms with E-state index in [1.807, 2.05) is 6.92 Å². The molecule has 116 valence electrons. The van der Waals surface area contributed by atoms with Gasteiger partial charge in [0.1, 0.15) is 4.32 Å². The first-order valence-corrected chi connectivity index (χ1v) is 7.69. The highest BCUT2D eigenvalue weighted by Crippen LogP contribution is 2.17. The van der Waals surface area contributed by atoms with Crippen LogP contribution in [0.25, 0.3) is 0 Å². The predicted octanol–water partition coefficient (Wildman–Crippen LogP) is 3.77. The van der Waals surface area contributed by atoms with Crippen LogP contribution in [0, 0.1) is 0 Å². The van der Waals surface area contributed by atoms with Crippen LogP contribution < -0.4 is 0 Å². The van der Waals surface area contributed by atoms with Crippen molar-refractivity contribution < 1.29 is 19.1 Å². The highest BCUT2D eigenvalue weighted by molar-refractivity contribution is 9.10. The number of ether oxygens (including phenoxy) is 2. The number of unbranched alkanes of at least 4 members (excludes halogenated alkanes) is 1. The molecule has 0 aliphatic carbocycles. The first-order valence-electron chi connectivity index (χ1n) is 6.89. The lowest BCUT2D eigenvalue weighted by atomic mass is 10.2. The number of carbonyl (C=O) groups is 2. The lowest BCUT2D eigenvalue weighted by molar-refractivity contribution is -0.145. The Kier molecular flexibility index (Phi) is 9.55. The summed E-state index contributed by atoms with van der Waals surface area (Å²) in [5.41, 5.74) is 1.09. The number of hydrogen-bond acceptors (Lipinski definition) is 4. The largest absolute Gasteiger partial charge is 0.466 e. The van der Waals surface area contributed by atoms with E-state index in [1.54, 1.807) is 13.8 Å². The number of allylic oxidation sites excluding steroid dienone is 1. The van der Waals surface area contributed by atoms with E-state index in [0.29, 0.717) is 32.5 Å². The number of rotatable bonds is 10. The van der Waals surface area contributed by atoms with Gasteiger partial charge in [-0.25, -0.2) is 0 Å². The van der Waals surface area contributed by atoms with E-state index >= 15 is 0 Å². The van der Waals surface area contributed by atoms with Gasteiger partial charge >= 0.3 is 11.9 Å². The number of esters is 2. The maximum absolute atomic E-state index is 11.4. The molecule has 0 rings (SSSR count). The summed E-state index contributed by atoms with van der Waals surface area (Å²) >= 11 is 3.23. The smallest absolute Gasteiger partial charge is 0.322 e. The molecule has 0 bridgehead atoms. The molecule has 5 heteroatoms. The van der Waals surface area contributed by atoms with Gasteiger partial charge in [0.05, 0.1) is 13.2 Å². The van der Waals surface area contributed by atoms with Crippen molar-refractivity contribution in [3.63, 3.8) is 0 Å². The summed E-state index contributed by atoms with van der Waals surface area (Å²) < 4.78 is 9.49. The molecule has 0 saturated carbocycles. The van der Waals surface area contributed by atoms with E-state index in [9.17, 15) is 9.59 Å². The van der Waals surface area contributed by atoms with Crippen molar-refractivity contribution in [3.05, 3.63) is 12.2 Å². The van der Waals surface area contributed by atoms with Crippen LogP contribution in [0.2, 0.25) is 0 Å². The molecule has 0 radical (unpaired) electrons. The van der Waals surface area contributed by atoms with Crippen molar-refractivity contribution in [2.75, 3.05) is 13.2 Å². The van der Waals surface area contributed by atoms with Gasteiger partial charge < -0.3 is 9.47 Å². The fraction of sp³-hybridized carbons (Fsp3) is 0.733. The topological polar surface area (TPSA) is 52.6 Å². The van der Waals surface area contributed by atoms with Gasteiger partial charge in [-0.1, -0.05) is 21.5 Å². The van der Waals surface area contributed by atoms with Crippen LogP contribution >= 0.6 is 15.9 Å². The quantitative estimate of drug-likeness (QED) is 0.261. The van der Waals surface area contributed by atoms with Crippen molar-refractivity contribution in [1.29, 1.82) is 0 Å². The maximum Gasteiger partial charge on any atom is 0.322 e. The Morgan fingerprint density at radius 1 is 1.05 bits per heavy atom. The number of halogens is 1. The number of carbonyl (C=O) groups excluding carboxylic acids is 2. The fourth-order valence-corrected chi connectivity index (χ4v) is 1.45. The van der Waals surface area contributed by atoms with Gasteiger partial charge in [-0.2, -0.15) is 0 Å². The van der Waals surface area contributed by atoms with Crippen molar-refractivity contribution in [2.45, 2.75) is 57.2 Å². The lowest BCUT2D eigenvalue weighted by Crippen LogP contribution is -2.26. The van der Waals surface area contributed by atoms with Crippen LogP contribution in [0.3, 0.4) is 0 Å². The van der Waals surface area contributed by atoms with Crippen LogP contribution in [0.1, 0.15) is 52.9 Å². The van der Waals surface area contributed by atoms with Crippen LogP contribution in [0.4, 0.5) is 0 Å². The molecule has 0 fully saturated rings. The maximum atomic E-state index is 11.4. The molecule has 0 atom stereocenters. The lowest BCUT2D eigenvalue weighted by Gasteiger charge is -2.14. The number of hydrogen-bond donors (Lipinski definition) is 0. The van der Waals surface area contributed by atoms with E-state index in [-0.39, 0.29) is 11.9 Å². The normalized spacial score (nSPS) is 11.0. The molecule has 20 heavy (non-hydrogen) atoms. The molecule has 0 aliphatic heterocycles. The second-order valence-corrected chi connectivity index (χ2v) is 7.33. The minimum atomic E-state index is -0.658. The molecular formula is C15H25BrO4. The van der Waals surface area contributed by atoms with Crippen molar-refractivity contribution in [3.8, 4) is 0 Å². The summed E-state index contributed by atoms with van der Waals surface area (Å²) in [7, 11) is 0. The average Bonchev–Trinajstić information content (AvgIpc) is 2.32. The van der Waals surface area contributed by atoms with Crippen molar-refractivity contribution >= 4 is 27.9 Å². The summed E-state index contributed by atoms with van der Waals surface area (Å²) in [5.74, 6) is -0.487. The van der Waals surface area contributed by atoms with Gasteiger partial charge in [0, 0.05) is 6.42 Å². The van der Waals surface area contributed by atoms with Gasteiger partial charge in [0.25, 0.3) is 0 Å². The summed E-state index contributed by atoms with van der Waals surface area (Å²) in [5, 5.41) is 0. The third-order valence-electron chi connectivity index (χ3n) is 2.50. The molecule has 0 aromatic heterocycles. The van der Waals surface area contributed by atoms with E-state index < -0.39 is 4.32 Å². The highest BCUT2D eigenvalue weighted by atomic mass is 79.9. The first kappa shape index (κ1) is 19.2. The summed E-state index contributed by atoms with van der Waals surface area (Å²) in [6.07, 6.45) is 3.39. The van der Waals surface area contributed by atoms with Crippen molar-refractivity contribution in [2.24, 2.45) is 0 Å². The van der Waals surface area contributed by atoms with E-state index in [2.05, 4.69) is 22.5 Å². The molecule has 0 N–H and O–H groups in total. The monoisotopic (exact) mass is 348 g/mol. The zero-order valence-electron chi connectivity index (χ0n) is 12.7. The predicted molar refractivity (Wildman–Crippen MR) is 82.8 cm³/mol. The van der Waals surface area contributed by atoms with Gasteiger partial charge in [-0.3, -0.25) is 9.59 Å². The molecule has 0 heterocycles. The van der Waals surface area contributed by atoms with E-state index in [4.69, 9.17) is 9.47 Å². The van der Waals surface area contributed by atoms with Gasteiger partial charge in [-0.15, -0.1) is 6.58 Å². The standard InChI is InChI=1S/C15H25BrO4/c1-12(2)8-7-11-19-13(17)9-5-6-10-20-14(18)15(3,4)16/h1,5-11H2,2-4H3. The van der Waals surface area contributed by atoms with Crippen LogP contribution in [-0.4, -0.2) is 29.5 Å². The second-order valence-electron chi connectivity index (χ2n) is 5.35. The number of alkyl halides is 1. The molecule has 0 amide bonds. The molecule has 0 spiro atoms. The van der Waals surface area contributed by atoms with E-state index in [1.165, 1.54) is 0 Å². The zero-order chi connectivity index (χ0) is 15.6. The van der Waals surface area contributed by atoms with Crippen LogP contribution in [0.5, 0.6) is 0 Å². The Morgan fingerprint density at radius 3 is 2.20 bits per heavy atom. The summed E-state index contributed by atoms with van der Waals surface area (Å²) in [6.45, 7) is 9.98. The van der Waals surface area contributed by atoms with Crippen molar-refractivity contribution in [1.82, 2.24) is 0 Å². The fourth-order valence-electron chi connectivity index (χ4n) is 1.34. The Bertz CT molecular complexity index is 331. The molecule has 0 unspecified atom stereocenters. The first-order chi connectivity index (χ1) is 9.23. The molecule has 4 nitrogen and oxygen atoms in total. The third-order valence-corrected chi connectivity index (χ3v) is 2.83. The Balaban J connectivity index is 3.49. The SMILES string of the molecule is C=C(C)CCCOC(=O)CCCCOC(=O)C(C)(C)Br. The average molecular weight is 349 g/mol. The molecule has 0 aromatic rings. The van der Waals surface area contributed by atoms with Gasteiger partial charge in [0.2, 0.25) is 0 Å². The van der Waals surface area contributed by atoms with Crippen LogP contribution in [0.15, 0.2) is 12.2 Å². The van der Waals surface area contributed by atoms with E-state index in [0.717, 1.165) is 18.4 Å². The minimum Gasteiger partial charge on any atom is -0.466 e. The molecule has 0 saturated heterocycles.